The van der Waals surface area contributed by atoms with Crippen molar-refractivity contribution in [2.45, 2.75) is 19.4 Å². The molecular weight excluding hydrogens is 138 g/mol. The van der Waals surface area contributed by atoms with Crippen molar-refractivity contribution in [1.82, 2.24) is 0 Å². The lowest BCUT2D eigenvalue weighted by Crippen LogP contribution is -1.97. The van der Waals surface area contributed by atoms with E-state index in [1.165, 1.54) is 6.21 Å². The highest BCUT2D eigenvalue weighted by atomic mass is 14.8. The molecule has 0 aliphatic heterocycles. The summed E-state index contributed by atoms with van der Waals surface area (Å²) in [6.07, 6.45) is 5.22. The number of aliphatic imine (C=N–C) groups is 1. The minimum absolute atomic E-state index is 0.157. The van der Waals surface area contributed by atoms with Crippen LogP contribution in [-0.4, -0.2) is 12.3 Å². The third kappa shape index (κ3) is 4.87. The highest BCUT2D eigenvalue weighted by Crippen LogP contribution is 1.92. The molecule has 0 aromatic heterocycles. The summed E-state index contributed by atoms with van der Waals surface area (Å²) < 4.78 is 0. The van der Waals surface area contributed by atoms with Crippen LogP contribution in [0.3, 0.4) is 0 Å². The fourth-order valence-electron chi connectivity index (χ4n) is 0.458. The highest BCUT2D eigenvalue weighted by molar-refractivity contribution is 5.71. The summed E-state index contributed by atoms with van der Waals surface area (Å²) >= 11 is 0. The maximum absolute atomic E-state index is 8.42. The van der Waals surface area contributed by atoms with Gasteiger partial charge in [-0.25, -0.2) is 0 Å². The van der Waals surface area contributed by atoms with Gasteiger partial charge < -0.3 is 0 Å². The summed E-state index contributed by atoms with van der Waals surface area (Å²) in [6, 6.07) is 3.28. The van der Waals surface area contributed by atoms with E-state index in [1.807, 2.05) is 25.1 Å². The van der Waals surface area contributed by atoms with Crippen molar-refractivity contribution in [3.05, 3.63) is 12.2 Å². The van der Waals surface area contributed by atoms with E-state index in [4.69, 9.17) is 10.5 Å². The number of nitriles is 2. The van der Waals surface area contributed by atoms with Gasteiger partial charge in [-0.05, 0) is 13.0 Å². The van der Waals surface area contributed by atoms with E-state index in [2.05, 4.69) is 4.99 Å². The minimum atomic E-state index is -0.517. The van der Waals surface area contributed by atoms with Crippen molar-refractivity contribution in [3.8, 4) is 12.1 Å². The Morgan fingerprint density at radius 1 is 1.55 bits per heavy atom. The zero-order valence-electron chi connectivity index (χ0n) is 6.36. The lowest BCUT2D eigenvalue weighted by molar-refractivity contribution is 0.863. The molecule has 1 atom stereocenters. The first-order valence-electron chi connectivity index (χ1n) is 3.26. The van der Waals surface area contributed by atoms with E-state index >= 15 is 0 Å². The van der Waals surface area contributed by atoms with Crippen LogP contribution in [0.2, 0.25) is 0 Å². The Morgan fingerprint density at radius 2 is 2.27 bits per heavy atom. The Hall–Kier alpha value is -1.61. The first-order valence-corrected chi connectivity index (χ1v) is 3.26. The molecule has 0 fully saturated rings. The fourth-order valence-corrected chi connectivity index (χ4v) is 0.458. The third-order valence-corrected chi connectivity index (χ3v) is 0.978. The molecule has 0 spiro atoms. The quantitative estimate of drug-likeness (QED) is 0.567. The van der Waals surface area contributed by atoms with Gasteiger partial charge in [0.05, 0.1) is 18.6 Å². The number of nitrogens with zero attached hydrogens (tertiary/aromatic N) is 3. The van der Waals surface area contributed by atoms with Gasteiger partial charge in [-0.15, -0.1) is 0 Å². The molecule has 0 saturated carbocycles. The molecule has 0 aromatic rings. The Kier molecular flexibility index (Phi) is 5.56. The average Bonchev–Trinajstić information content (AvgIpc) is 2.03. The van der Waals surface area contributed by atoms with Gasteiger partial charge in [0.15, 0.2) is 0 Å². The van der Waals surface area contributed by atoms with Crippen LogP contribution in [0.5, 0.6) is 0 Å². The van der Waals surface area contributed by atoms with Gasteiger partial charge in [0.2, 0.25) is 0 Å². The van der Waals surface area contributed by atoms with Crippen LogP contribution >= 0.6 is 0 Å². The lowest BCUT2D eigenvalue weighted by atomic mass is 10.2. The number of rotatable bonds is 3. The second-order valence-electron chi connectivity index (χ2n) is 1.83. The molecule has 11 heavy (non-hydrogen) atoms. The van der Waals surface area contributed by atoms with Crippen molar-refractivity contribution < 1.29 is 0 Å². The van der Waals surface area contributed by atoms with Crippen LogP contribution in [0.4, 0.5) is 0 Å². The highest BCUT2D eigenvalue weighted by Gasteiger charge is 1.99. The van der Waals surface area contributed by atoms with Crippen molar-refractivity contribution in [2.24, 2.45) is 4.99 Å². The van der Waals surface area contributed by atoms with Crippen LogP contribution in [0.25, 0.3) is 0 Å². The maximum atomic E-state index is 8.42. The van der Waals surface area contributed by atoms with Gasteiger partial charge in [-0.2, -0.15) is 10.5 Å². The van der Waals surface area contributed by atoms with E-state index in [-0.39, 0.29) is 6.42 Å². The van der Waals surface area contributed by atoms with Gasteiger partial charge in [0.25, 0.3) is 0 Å². The molecule has 0 rings (SSSR count). The molecule has 56 valence electrons. The van der Waals surface area contributed by atoms with Gasteiger partial charge in [-0.3, -0.25) is 4.99 Å². The molecule has 0 amide bonds. The summed E-state index contributed by atoms with van der Waals surface area (Å²) in [5, 5.41) is 16.6. The zero-order chi connectivity index (χ0) is 8.53. The fraction of sp³-hybridized carbons (Fsp3) is 0.375. The van der Waals surface area contributed by atoms with Crippen LogP contribution < -0.4 is 0 Å². The van der Waals surface area contributed by atoms with Crippen LogP contribution in [0, 0.1) is 22.7 Å². The van der Waals surface area contributed by atoms with Gasteiger partial charge in [-0.1, -0.05) is 6.08 Å². The second kappa shape index (κ2) is 6.51. The number of hydrogen-bond donors (Lipinski definition) is 0. The first-order chi connectivity index (χ1) is 5.35. The van der Waals surface area contributed by atoms with E-state index in [1.54, 1.807) is 6.08 Å². The molecule has 0 saturated heterocycles. The summed E-state index contributed by atoms with van der Waals surface area (Å²) in [5.74, 6) is 0. The largest absolute Gasteiger partial charge is 0.274 e. The predicted octanol–water partition coefficient (Wildman–Crippen LogP) is 1.44. The average molecular weight is 147 g/mol. The molecule has 0 radical (unpaired) electrons. The Bertz CT molecular complexity index is 227. The van der Waals surface area contributed by atoms with Gasteiger partial charge in [0.1, 0.15) is 6.04 Å². The van der Waals surface area contributed by atoms with Crippen molar-refractivity contribution in [1.29, 1.82) is 10.5 Å². The molecule has 0 aliphatic carbocycles. The van der Waals surface area contributed by atoms with E-state index in [0.717, 1.165) is 0 Å². The normalized spacial score (nSPS) is 13.0. The molecule has 0 N–H and O–H groups in total. The number of hydrogen-bond acceptors (Lipinski definition) is 3. The van der Waals surface area contributed by atoms with Crippen LogP contribution in [0.15, 0.2) is 17.1 Å². The Balaban J connectivity index is 3.91. The van der Waals surface area contributed by atoms with Gasteiger partial charge in [0, 0.05) is 6.21 Å². The van der Waals surface area contributed by atoms with Crippen molar-refractivity contribution >= 4 is 6.21 Å². The second-order valence-corrected chi connectivity index (χ2v) is 1.83. The SMILES string of the molecule is C/C=C/C=NC(C#N)CC#N. The predicted molar refractivity (Wildman–Crippen MR) is 42.9 cm³/mol. The monoisotopic (exact) mass is 147 g/mol. The third-order valence-electron chi connectivity index (χ3n) is 0.978. The number of allylic oxidation sites excluding steroid dienone is 2. The van der Waals surface area contributed by atoms with E-state index < -0.39 is 6.04 Å². The Morgan fingerprint density at radius 3 is 2.73 bits per heavy atom. The van der Waals surface area contributed by atoms with Gasteiger partial charge >= 0.3 is 0 Å². The molecule has 0 bridgehead atoms. The van der Waals surface area contributed by atoms with Crippen molar-refractivity contribution in [3.63, 3.8) is 0 Å². The summed E-state index contributed by atoms with van der Waals surface area (Å²) in [6.45, 7) is 1.86. The van der Waals surface area contributed by atoms with E-state index in [9.17, 15) is 0 Å². The van der Waals surface area contributed by atoms with Crippen LogP contribution in [-0.2, 0) is 0 Å². The standard InChI is InChI=1S/C8H9N3/c1-2-3-6-11-8(7-10)4-5-9/h2-3,6,8H,4H2,1H3/b3-2+,11-6?. The molecule has 0 heterocycles. The summed E-state index contributed by atoms with van der Waals surface area (Å²) in [5.41, 5.74) is 0. The first kappa shape index (κ1) is 9.39. The topological polar surface area (TPSA) is 59.9 Å². The molecule has 0 aromatic carbocycles. The molecule has 3 nitrogen and oxygen atoms in total. The molecule has 3 heteroatoms. The minimum Gasteiger partial charge on any atom is -0.274 e. The smallest absolute Gasteiger partial charge is 0.149 e. The summed E-state index contributed by atoms with van der Waals surface area (Å²) in [4.78, 5) is 3.83. The van der Waals surface area contributed by atoms with Crippen molar-refractivity contribution in [2.75, 3.05) is 0 Å². The molecule has 1 unspecified atom stereocenters. The van der Waals surface area contributed by atoms with E-state index in [0.29, 0.717) is 0 Å². The molecule has 0 aliphatic rings. The maximum Gasteiger partial charge on any atom is 0.149 e. The molecular formula is C8H9N3. The Labute approximate surface area is 66.3 Å². The summed E-state index contributed by atoms with van der Waals surface area (Å²) in [7, 11) is 0. The lowest BCUT2D eigenvalue weighted by Gasteiger charge is -1.91. The van der Waals surface area contributed by atoms with Crippen LogP contribution in [0.1, 0.15) is 13.3 Å². The zero-order valence-corrected chi connectivity index (χ0v) is 6.36.